The van der Waals surface area contributed by atoms with Gasteiger partial charge in [-0.25, -0.2) is 5.43 Å². The van der Waals surface area contributed by atoms with Gasteiger partial charge in [-0.3, -0.25) is 4.79 Å². The summed E-state index contributed by atoms with van der Waals surface area (Å²) in [4.78, 5) is 11.3. The number of carbonyl (C=O) groups is 1. The molecule has 0 aromatic carbocycles. The van der Waals surface area contributed by atoms with Crippen LogP contribution in [0.15, 0.2) is 21.7 Å². The number of hydrogen-bond donors (Lipinski definition) is 1. The van der Waals surface area contributed by atoms with Gasteiger partial charge >= 0.3 is 5.91 Å². The van der Waals surface area contributed by atoms with E-state index >= 15 is 0 Å². The highest BCUT2D eigenvalue weighted by Crippen LogP contribution is 2.05. The SMILES string of the molecule is CCCC=NNC(=O)c1ccc(C)o1. The molecule has 1 aromatic heterocycles. The lowest BCUT2D eigenvalue weighted by molar-refractivity contribution is 0.0926. The van der Waals surface area contributed by atoms with Crippen molar-refractivity contribution in [1.29, 1.82) is 0 Å². The fraction of sp³-hybridized carbons (Fsp3) is 0.400. The Morgan fingerprint density at radius 3 is 3.00 bits per heavy atom. The van der Waals surface area contributed by atoms with Crippen LogP contribution < -0.4 is 5.43 Å². The topological polar surface area (TPSA) is 54.6 Å². The molecule has 0 spiro atoms. The van der Waals surface area contributed by atoms with E-state index in [0.29, 0.717) is 5.76 Å². The largest absolute Gasteiger partial charge is 0.456 e. The molecule has 0 atom stereocenters. The van der Waals surface area contributed by atoms with Crippen molar-refractivity contribution in [1.82, 2.24) is 5.43 Å². The second-order valence-corrected chi connectivity index (χ2v) is 2.95. The molecule has 4 nitrogen and oxygen atoms in total. The molecule has 0 fully saturated rings. The van der Waals surface area contributed by atoms with Crippen LogP contribution >= 0.6 is 0 Å². The lowest BCUT2D eigenvalue weighted by Crippen LogP contribution is -2.16. The van der Waals surface area contributed by atoms with E-state index in [2.05, 4.69) is 10.5 Å². The van der Waals surface area contributed by atoms with Crippen LogP contribution in [0.3, 0.4) is 0 Å². The van der Waals surface area contributed by atoms with Gasteiger partial charge in [-0.2, -0.15) is 5.10 Å². The molecule has 14 heavy (non-hydrogen) atoms. The van der Waals surface area contributed by atoms with Crippen LogP contribution in [-0.4, -0.2) is 12.1 Å². The molecule has 0 aliphatic heterocycles. The average Bonchev–Trinajstić information content (AvgIpc) is 2.59. The molecule has 0 saturated heterocycles. The number of nitrogens with one attached hydrogen (secondary N) is 1. The van der Waals surface area contributed by atoms with Crippen molar-refractivity contribution in [2.75, 3.05) is 0 Å². The zero-order valence-corrected chi connectivity index (χ0v) is 8.41. The molecule has 1 aromatic rings. The molecule has 1 rings (SSSR count). The minimum atomic E-state index is -0.314. The molecule has 0 aliphatic rings. The van der Waals surface area contributed by atoms with Gasteiger partial charge in [-0.05, 0) is 25.5 Å². The summed E-state index contributed by atoms with van der Waals surface area (Å²) in [5, 5.41) is 3.76. The van der Waals surface area contributed by atoms with Crippen molar-refractivity contribution < 1.29 is 9.21 Å². The molecule has 1 N–H and O–H groups in total. The highest BCUT2D eigenvalue weighted by Gasteiger charge is 2.07. The summed E-state index contributed by atoms with van der Waals surface area (Å²) in [5.41, 5.74) is 2.38. The zero-order chi connectivity index (χ0) is 10.4. The number of aryl methyl sites for hydroxylation is 1. The summed E-state index contributed by atoms with van der Waals surface area (Å²) in [6, 6.07) is 3.37. The summed E-state index contributed by atoms with van der Waals surface area (Å²) in [6.07, 6.45) is 3.55. The molecule has 0 unspecified atom stereocenters. The molecular weight excluding hydrogens is 180 g/mol. The number of hydrazone groups is 1. The van der Waals surface area contributed by atoms with E-state index in [9.17, 15) is 4.79 Å². The maximum atomic E-state index is 11.3. The maximum Gasteiger partial charge on any atom is 0.307 e. The van der Waals surface area contributed by atoms with E-state index < -0.39 is 0 Å². The number of furan rings is 1. The van der Waals surface area contributed by atoms with Crippen LogP contribution in [0.25, 0.3) is 0 Å². The highest BCUT2D eigenvalue weighted by molar-refractivity contribution is 5.91. The standard InChI is InChI=1S/C10H14N2O2/c1-3-4-7-11-12-10(13)9-6-5-8(2)14-9/h5-7H,3-4H2,1-2H3,(H,12,13). The normalized spacial score (nSPS) is 10.7. The van der Waals surface area contributed by atoms with Crippen molar-refractivity contribution >= 4 is 12.1 Å². The first-order valence-electron chi connectivity index (χ1n) is 4.62. The van der Waals surface area contributed by atoms with Crippen molar-refractivity contribution in [3.05, 3.63) is 23.7 Å². The maximum absolute atomic E-state index is 11.3. The first-order chi connectivity index (χ1) is 6.74. The van der Waals surface area contributed by atoms with Gasteiger partial charge in [0.15, 0.2) is 5.76 Å². The molecule has 0 radical (unpaired) electrons. The van der Waals surface area contributed by atoms with Crippen LogP contribution in [0.2, 0.25) is 0 Å². The minimum absolute atomic E-state index is 0.288. The van der Waals surface area contributed by atoms with Gasteiger partial charge in [0.25, 0.3) is 0 Å². The van der Waals surface area contributed by atoms with Crippen LogP contribution in [-0.2, 0) is 0 Å². The third-order valence-electron chi connectivity index (χ3n) is 1.64. The van der Waals surface area contributed by atoms with E-state index in [0.717, 1.165) is 12.8 Å². The molecule has 0 aliphatic carbocycles. The summed E-state index contributed by atoms with van der Waals surface area (Å²) in [7, 11) is 0. The minimum Gasteiger partial charge on any atom is -0.456 e. The Balaban J connectivity index is 2.43. The van der Waals surface area contributed by atoms with E-state index in [1.54, 1.807) is 25.3 Å². The quantitative estimate of drug-likeness (QED) is 0.589. The van der Waals surface area contributed by atoms with Crippen molar-refractivity contribution in [2.24, 2.45) is 5.10 Å². The van der Waals surface area contributed by atoms with Gasteiger partial charge in [-0.15, -0.1) is 0 Å². The van der Waals surface area contributed by atoms with Gasteiger partial charge in [0.2, 0.25) is 0 Å². The molecule has 76 valence electrons. The van der Waals surface area contributed by atoms with Gasteiger partial charge in [-0.1, -0.05) is 13.3 Å². The lowest BCUT2D eigenvalue weighted by atomic mass is 10.4. The third-order valence-corrected chi connectivity index (χ3v) is 1.64. The van der Waals surface area contributed by atoms with Crippen molar-refractivity contribution in [2.45, 2.75) is 26.7 Å². The van der Waals surface area contributed by atoms with Crippen LogP contribution in [0.4, 0.5) is 0 Å². The third kappa shape index (κ3) is 3.05. The average molecular weight is 194 g/mol. The molecule has 0 saturated carbocycles. The summed E-state index contributed by atoms with van der Waals surface area (Å²) in [6.45, 7) is 3.83. The van der Waals surface area contributed by atoms with Gasteiger partial charge in [0.1, 0.15) is 5.76 Å². The number of amides is 1. The predicted molar refractivity (Wildman–Crippen MR) is 54.3 cm³/mol. The van der Waals surface area contributed by atoms with Crippen molar-refractivity contribution in [3.63, 3.8) is 0 Å². The zero-order valence-electron chi connectivity index (χ0n) is 8.41. The van der Waals surface area contributed by atoms with Crippen LogP contribution in [0.1, 0.15) is 36.1 Å². The number of nitrogens with zero attached hydrogens (tertiary/aromatic N) is 1. The number of hydrogen-bond acceptors (Lipinski definition) is 3. The number of carbonyl (C=O) groups excluding carboxylic acids is 1. The Morgan fingerprint density at radius 1 is 1.64 bits per heavy atom. The number of rotatable bonds is 4. The Labute approximate surface area is 83.0 Å². The fourth-order valence-corrected chi connectivity index (χ4v) is 0.910. The Bertz CT molecular complexity index is 329. The summed E-state index contributed by atoms with van der Waals surface area (Å²) >= 11 is 0. The molecule has 1 amide bonds. The van der Waals surface area contributed by atoms with Crippen LogP contribution in [0.5, 0.6) is 0 Å². The monoisotopic (exact) mass is 194 g/mol. The van der Waals surface area contributed by atoms with Gasteiger partial charge in [0.05, 0.1) is 0 Å². The first-order valence-corrected chi connectivity index (χ1v) is 4.62. The van der Waals surface area contributed by atoms with Crippen molar-refractivity contribution in [3.8, 4) is 0 Å². The van der Waals surface area contributed by atoms with E-state index in [-0.39, 0.29) is 11.7 Å². The smallest absolute Gasteiger partial charge is 0.307 e. The van der Waals surface area contributed by atoms with E-state index in [1.807, 2.05) is 6.92 Å². The molecule has 4 heteroatoms. The predicted octanol–water partition coefficient (Wildman–Crippen LogP) is 2.10. The molecular formula is C10H14N2O2. The second kappa shape index (κ2) is 5.21. The molecule has 1 heterocycles. The summed E-state index contributed by atoms with van der Waals surface area (Å²) < 4.78 is 5.12. The number of unbranched alkanes of at least 4 members (excludes halogenated alkanes) is 1. The van der Waals surface area contributed by atoms with E-state index in [4.69, 9.17) is 4.42 Å². The molecule has 0 bridgehead atoms. The second-order valence-electron chi connectivity index (χ2n) is 2.95. The van der Waals surface area contributed by atoms with Crippen LogP contribution in [0, 0.1) is 6.92 Å². The van der Waals surface area contributed by atoms with Gasteiger partial charge in [0, 0.05) is 6.21 Å². The lowest BCUT2D eigenvalue weighted by Gasteiger charge is -1.94. The fourth-order valence-electron chi connectivity index (χ4n) is 0.910. The highest BCUT2D eigenvalue weighted by atomic mass is 16.3. The Kier molecular flexibility index (Phi) is 3.91. The Hall–Kier alpha value is -1.58. The van der Waals surface area contributed by atoms with E-state index in [1.165, 1.54) is 0 Å². The first kappa shape index (κ1) is 10.5. The Morgan fingerprint density at radius 2 is 2.43 bits per heavy atom. The van der Waals surface area contributed by atoms with Gasteiger partial charge < -0.3 is 4.42 Å². The summed E-state index contributed by atoms with van der Waals surface area (Å²) in [5.74, 6) is 0.689.